The molecular weight excluding hydrogens is 408 g/mol. The molecule has 0 bridgehead atoms. The van der Waals surface area contributed by atoms with Crippen LogP contribution in [-0.4, -0.2) is 40.6 Å². The highest BCUT2D eigenvalue weighted by molar-refractivity contribution is 7.15. The van der Waals surface area contributed by atoms with Gasteiger partial charge in [-0.25, -0.2) is 9.67 Å². The minimum atomic E-state index is -0.300. The van der Waals surface area contributed by atoms with Crippen molar-refractivity contribution in [1.82, 2.24) is 20.1 Å². The fourth-order valence-corrected chi connectivity index (χ4v) is 3.85. The van der Waals surface area contributed by atoms with Crippen LogP contribution >= 0.6 is 11.3 Å². The highest BCUT2D eigenvalue weighted by atomic mass is 32.1. The topological polar surface area (TPSA) is 105 Å². The zero-order valence-corrected chi connectivity index (χ0v) is 17.3. The Bertz CT molecular complexity index is 1140. The average molecular weight is 428 g/mol. The number of aryl methyl sites for hydroxylation is 2. The number of amides is 1. The van der Waals surface area contributed by atoms with Gasteiger partial charge in [0.05, 0.1) is 22.1 Å². The van der Waals surface area contributed by atoms with Gasteiger partial charge in [0.2, 0.25) is 6.79 Å². The first-order valence-electron chi connectivity index (χ1n) is 9.31. The predicted molar refractivity (Wildman–Crippen MR) is 110 cm³/mol. The molecule has 1 aliphatic rings. The first-order chi connectivity index (χ1) is 14.5. The molecule has 0 atom stereocenters. The van der Waals surface area contributed by atoms with Crippen LogP contribution in [-0.2, 0) is 11.3 Å². The summed E-state index contributed by atoms with van der Waals surface area (Å²) in [6, 6.07) is 8.28. The van der Waals surface area contributed by atoms with Crippen molar-refractivity contribution < 1.29 is 19.0 Å². The van der Waals surface area contributed by atoms with Gasteiger partial charge in [-0.3, -0.25) is 9.59 Å². The van der Waals surface area contributed by atoms with Gasteiger partial charge in [-0.15, -0.1) is 11.3 Å². The summed E-state index contributed by atoms with van der Waals surface area (Å²) >= 11 is 1.53. The smallest absolute Gasteiger partial charge is 0.266 e. The van der Waals surface area contributed by atoms with Crippen LogP contribution in [0.15, 0.2) is 35.1 Å². The Hall–Kier alpha value is -3.40. The Morgan fingerprint density at radius 1 is 1.23 bits per heavy atom. The number of fused-ring (bicyclic) bond motifs is 1. The average Bonchev–Trinajstić information content (AvgIpc) is 3.33. The molecule has 0 saturated heterocycles. The van der Waals surface area contributed by atoms with E-state index in [4.69, 9.17) is 14.2 Å². The van der Waals surface area contributed by atoms with Gasteiger partial charge in [-0.05, 0) is 32.0 Å². The van der Waals surface area contributed by atoms with E-state index >= 15 is 0 Å². The molecule has 0 spiro atoms. The molecule has 1 N–H and O–H groups in total. The molecule has 0 aliphatic carbocycles. The molecule has 0 radical (unpaired) electrons. The fraction of sp³-hybridized carbons (Fsp3) is 0.300. The molecule has 3 aromatic rings. The van der Waals surface area contributed by atoms with Crippen LogP contribution in [0.25, 0.3) is 10.6 Å². The molecular formula is C20H20N4O5S. The van der Waals surface area contributed by atoms with Crippen LogP contribution in [0.3, 0.4) is 0 Å². The zero-order chi connectivity index (χ0) is 21.1. The number of rotatable bonds is 7. The van der Waals surface area contributed by atoms with Crippen LogP contribution in [0.1, 0.15) is 10.7 Å². The van der Waals surface area contributed by atoms with E-state index in [9.17, 15) is 9.59 Å². The lowest BCUT2D eigenvalue weighted by Gasteiger charge is -2.09. The van der Waals surface area contributed by atoms with E-state index in [1.807, 2.05) is 13.8 Å². The number of hydrogen-bond donors (Lipinski definition) is 1. The summed E-state index contributed by atoms with van der Waals surface area (Å²) < 4.78 is 17.3. The number of nitrogens with zero attached hydrogens (tertiary/aromatic N) is 3. The molecule has 1 amide bonds. The summed E-state index contributed by atoms with van der Waals surface area (Å²) in [7, 11) is 0. The molecule has 3 heterocycles. The quantitative estimate of drug-likeness (QED) is 0.613. The van der Waals surface area contributed by atoms with Crippen LogP contribution in [0.2, 0.25) is 0 Å². The van der Waals surface area contributed by atoms with Crippen molar-refractivity contribution >= 4 is 17.2 Å². The second-order valence-electron chi connectivity index (χ2n) is 6.58. The molecule has 2 aromatic heterocycles. The third kappa shape index (κ3) is 4.43. The molecule has 0 unspecified atom stereocenters. The van der Waals surface area contributed by atoms with Crippen LogP contribution in [0, 0.1) is 13.8 Å². The van der Waals surface area contributed by atoms with Crippen molar-refractivity contribution in [2.24, 2.45) is 0 Å². The molecule has 156 valence electrons. The monoisotopic (exact) mass is 428 g/mol. The van der Waals surface area contributed by atoms with E-state index in [2.05, 4.69) is 15.4 Å². The Balaban J connectivity index is 1.30. The Morgan fingerprint density at radius 3 is 2.87 bits per heavy atom. The Morgan fingerprint density at radius 2 is 2.07 bits per heavy atom. The normalized spacial score (nSPS) is 12.1. The van der Waals surface area contributed by atoms with E-state index in [-0.39, 0.29) is 38.0 Å². The summed E-state index contributed by atoms with van der Waals surface area (Å²) in [6.07, 6.45) is 0. The largest absolute Gasteiger partial charge is 0.484 e. The third-order valence-electron chi connectivity index (χ3n) is 4.36. The number of thiazole rings is 1. The second kappa shape index (κ2) is 8.54. The lowest BCUT2D eigenvalue weighted by molar-refractivity contribution is -0.123. The van der Waals surface area contributed by atoms with E-state index in [1.165, 1.54) is 22.1 Å². The van der Waals surface area contributed by atoms with Gasteiger partial charge in [0, 0.05) is 18.7 Å². The van der Waals surface area contributed by atoms with E-state index < -0.39 is 0 Å². The number of benzene rings is 1. The Labute approximate surface area is 176 Å². The number of nitrogens with one attached hydrogen (secondary N) is 1. The molecule has 10 heteroatoms. The number of hydrogen-bond acceptors (Lipinski definition) is 8. The van der Waals surface area contributed by atoms with Gasteiger partial charge in [-0.2, -0.15) is 5.10 Å². The van der Waals surface area contributed by atoms with Gasteiger partial charge in [0.1, 0.15) is 11.4 Å². The molecule has 1 aliphatic heterocycles. The third-order valence-corrected chi connectivity index (χ3v) is 5.46. The lowest BCUT2D eigenvalue weighted by Crippen LogP contribution is -2.34. The summed E-state index contributed by atoms with van der Waals surface area (Å²) in [5.41, 5.74) is 1.34. The minimum absolute atomic E-state index is 0.151. The highest BCUT2D eigenvalue weighted by Gasteiger charge is 2.14. The highest BCUT2D eigenvalue weighted by Crippen LogP contribution is 2.35. The maximum Gasteiger partial charge on any atom is 0.266 e. The maximum atomic E-state index is 12.1. The maximum absolute atomic E-state index is 12.1. The Kier molecular flexibility index (Phi) is 5.66. The van der Waals surface area contributed by atoms with Gasteiger partial charge < -0.3 is 19.5 Å². The standard InChI is InChI=1S/C20H20N4O5S/c1-12-20(30-13(2)22-12)15-4-6-19(26)24(23-15)8-7-21-18(25)10-27-14-3-5-16-17(9-14)29-11-28-16/h3-6,9H,7-8,10-11H2,1-2H3,(H,21,25). The van der Waals surface area contributed by atoms with Crippen LogP contribution in [0.4, 0.5) is 0 Å². The van der Waals surface area contributed by atoms with E-state index in [1.54, 1.807) is 24.3 Å². The van der Waals surface area contributed by atoms with Gasteiger partial charge in [0.15, 0.2) is 18.1 Å². The lowest BCUT2D eigenvalue weighted by atomic mass is 10.3. The summed E-state index contributed by atoms with van der Waals surface area (Å²) in [6.45, 7) is 4.37. The number of aromatic nitrogens is 3. The molecule has 9 nitrogen and oxygen atoms in total. The summed E-state index contributed by atoms with van der Waals surface area (Å²) in [5, 5.41) is 8.07. The first-order valence-corrected chi connectivity index (χ1v) is 10.1. The van der Waals surface area contributed by atoms with Crippen molar-refractivity contribution in [3.05, 3.63) is 51.4 Å². The van der Waals surface area contributed by atoms with Gasteiger partial charge in [-0.1, -0.05) is 0 Å². The molecule has 30 heavy (non-hydrogen) atoms. The van der Waals surface area contributed by atoms with Crippen molar-refractivity contribution in [3.8, 4) is 27.8 Å². The molecule has 0 saturated carbocycles. The number of carbonyl (C=O) groups excluding carboxylic acids is 1. The minimum Gasteiger partial charge on any atom is -0.484 e. The SMILES string of the molecule is Cc1nc(C)c(-c2ccc(=O)n(CCNC(=O)COc3ccc4c(c3)OCO4)n2)s1. The molecule has 1 aromatic carbocycles. The van der Waals surface area contributed by atoms with Crippen molar-refractivity contribution in [2.75, 3.05) is 19.9 Å². The van der Waals surface area contributed by atoms with Gasteiger partial charge in [0.25, 0.3) is 11.5 Å². The van der Waals surface area contributed by atoms with Crippen molar-refractivity contribution in [1.29, 1.82) is 0 Å². The van der Waals surface area contributed by atoms with Crippen molar-refractivity contribution in [3.63, 3.8) is 0 Å². The van der Waals surface area contributed by atoms with Crippen molar-refractivity contribution in [2.45, 2.75) is 20.4 Å². The van der Waals surface area contributed by atoms with Gasteiger partial charge >= 0.3 is 0 Å². The number of carbonyl (C=O) groups is 1. The molecule has 0 fully saturated rings. The fourth-order valence-electron chi connectivity index (χ4n) is 2.97. The second-order valence-corrected chi connectivity index (χ2v) is 7.78. The van der Waals surface area contributed by atoms with Crippen LogP contribution < -0.4 is 25.1 Å². The van der Waals surface area contributed by atoms with Crippen LogP contribution in [0.5, 0.6) is 17.2 Å². The summed E-state index contributed by atoms with van der Waals surface area (Å²) in [4.78, 5) is 29.5. The first kappa shape index (κ1) is 19.9. The summed E-state index contributed by atoms with van der Waals surface area (Å²) in [5.74, 6) is 1.45. The zero-order valence-electron chi connectivity index (χ0n) is 16.5. The predicted octanol–water partition coefficient (Wildman–Crippen LogP) is 1.91. The number of ether oxygens (including phenoxy) is 3. The molecule has 4 rings (SSSR count). The van der Waals surface area contributed by atoms with E-state index in [0.717, 1.165) is 15.6 Å². The van der Waals surface area contributed by atoms with E-state index in [0.29, 0.717) is 22.9 Å².